The molecule has 8 nitrogen and oxygen atoms in total. The molecule has 0 amide bonds. The van der Waals surface area contributed by atoms with Gasteiger partial charge in [0.05, 0.1) is 12.6 Å². The van der Waals surface area contributed by atoms with E-state index in [4.69, 9.17) is 0 Å². The average Bonchev–Trinajstić information content (AvgIpc) is 3.25. The molecule has 32 heavy (non-hydrogen) atoms. The van der Waals surface area contributed by atoms with Crippen molar-refractivity contribution in [2.75, 3.05) is 38.1 Å². The molecule has 5 rings (SSSR count). The Bertz CT molecular complexity index is 1270. The second-order valence-electron chi connectivity index (χ2n) is 8.27. The summed E-state index contributed by atoms with van der Waals surface area (Å²) in [6, 6.07) is 9.88. The number of fused-ring (bicyclic) bond motifs is 1. The van der Waals surface area contributed by atoms with E-state index in [-0.39, 0.29) is 12.2 Å². The Morgan fingerprint density at radius 2 is 1.78 bits per heavy atom. The Hall–Kier alpha value is -3.65. The summed E-state index contributed by atoms with van der Waals surface area (Å²) in [7, 11) is 4.01. The number of hydrogen-bond acceptors (Lipinski definition) is 7. The Morgan fingerprint density at radius 1 is 0.938 bits per heavy atom. The summed E-state index contributed by atoms with van der Waals surface area (Å²) < 4.78 is 1.79. The van der Waals surface area contributed by atoms with Gasteiger partial charge in [0.1, 0.15) is 5.69 Å². The van der Waals surface area contributed by atoms with Gasteiger partial charge in [0.25, 0.3) is 0 Å². The number of rotatable bonds is 5. The van der Waals surface area contributed by atoms with E-state index in [1.807, 2.05) is 37.8 Å². The molecule has 0 unspecified atom stereocenters. The third-order valence-electron chi connectivity index (χ3n) is 5.87. The second-order valence-corrected chi connectivity index (χ2v) is 8.27. The summed E-state index contributed by atoms with van der Waals surface area (Å²) in [6.45, 7) is 3.65. The molecule has 3 aromatic heterocycles. The van der Waals surface area contributed by atoms with Gasteiger partial charge in [0, 0.05) is 68.5 Å². The van der Waals surface area contributed by atoms with Crippen molar-refractivity contribution in [1.82, 2.24) is 29.6 Å². The van der Waals surface area contributed by atoms with Gasteiger partial charge in [-0.2, -0.15) is 5.10 Å². The minimum Gasteiger partial charge on any atom is -0.338 e. The monoisotopic (exact) mass is 427 g/mol. The Balaban J connectivity index is 1.36. The predicted molar refractivity (Wildman–Crippen MR) is 124 cm³/mol. The van der Waals surface area contributed by atoms with Gasteiger partial charge in [-0.3, -0.25) is 14.5 Å². The zero-order chi connectivity index (χ0) is 22.1. The van der Waals surface area contributed by atoms with Crippen LogP contribution in [0.5, 0.6) is 0 Å². The van der Waals surface area contributed by atoms with E-state index in [1.165, 1.54) is 0 Å². The first-order valence-electron chi connectivity index (χ1n) is 10.7. The fraction of sp³-hybridized carbons (Fsp3) is 0.292. The van der Waals surface area contributed by atoms with E-state index in [0.29, 0.717) is 11.6 Å². The van der Waals surface area contributed by atoms with Gasteiger partial charge >= 0.3 is 0 Å². The van der Waals surface area contributed by atoms with Crippen molar-refractivity contribution in [3.63, 3.8) is 0 Å². The number of Topliss-reactive ketones (excluding diaryl/α,β-unsaturated/α-hetero) is 1. The summed E-state index contributed by atoms with van der Waals surface area (Å²) in [4.78, 5) is 30.8. The number of carbonyl (C=O) groups excluding carboxylic acids is 1. The maximum atomic E-state index is 13.0. The molecule has 1 saturated heterocycles. The molecule has 4 aromatic rings. The summed E-state index contributed by atoms with van der Waals surface area (Å²) in [5.74, 6) is 0.564. The predicted octanol–water partition coefficient (Wildman–Crippen LogP) is 2.60. The average molecular weight is 428 g/mol. The molecule has 0 spiro atoms. The van der Waals surface area contributed by atoms with Crippen LogP contribution in [0.2, 0.25) is 0 Å². The maximum Gasteiger partial charge on any atom is 0.226 e. The number of ketones is 1. The van der Waals surface area contributed by atoms with Gasteiger partial charge in [-0.15, -0.1) is 0 Å². The fourth-order valence-electron chi connectivity index (χ4n) is 3.95. The molecule has 1 aliphatic rings. The van der Waals surface area contributed by atoms with Crippen LogP contribution in [0.15, 0.2) is 55.1 Å². The number of nitrogens with zero attached hydrogens (tertiary/aromatic N) is 7. The van der Waals surface area contributed by atoms with E-state index < -0.39 is 0 Å². The topological polar surface area (TPSA) is 80.0 Å². The lowest BCUT2D eigenvalue weighted by Crippen LogP contribution is -2.45. The number of hydrogen-bond donors (Lipinski definition) is 0. The number of likely N-dealkylation sites (N-methyl/N-ethyl adjacent to an activating group) is 1. The van der Waals surface area contributed by atoms with Crippen LogP contribution in [0, 0.1) is 0 Å². The molecule has 0 bridgehead atoms. The van der Waals surface area contributed by atoms with Gasteiger partial charge < -0.3 is 9.80 Å². The summed E-state index contributed by atoms with van der Waals surface area (Å²) in [5.41, 5.74) is 3.30. The van der Waals surface area contributed by atoms with Crippen molar-refractivity contribution >= 4 is 22.5 Å². The molecular weight excluding hydrogens is 402 g/mol. The standard InChI is InChI=1S/C24H25N7O/c1-29-7-9-31(10-8-29)24-25-6-5-22(28-24)23(32)13-21-12-19-11-17(3-4-18(19)14-26-21)20-15-27-30(2)16-20/h3-6,11-12,14-16H,7-10,13H2,1-2H3. The molecule has 8 heteroatoms. The third-order valence-corrected chi connectivity index (χ3v) is 5.87. The number of pyridine rings is 1. The van der Waals surface area contributed by atoms with Gasteiger partial charge in [-0.25, -0.2) is 9.97 Å². The first kappa shape index (κ1) is 20.3. The number of benzene rings is 1. The Labute approximate surface area is 186 Å². The van der Waals surface area contributed by atoms with Crippen LogP contribution in [0.25, 0.3) is 21.9 Å². The van der Waals surface area contributed by atoms with E-state index in [1.54, 1.807) is 16.9 Å². The van der Waals surface area contributed by atoms with Gasteiger partial charge in [-0.1, -0.05) is 12.1 Å². The smallest absolute Gasteiger partial charge is 0.226 e. The van der Waals surface area contributed by atoms with Crippen LogP contribution in [-0.2, 0) is 13.5 Å². The normalized spacial score (nSPS) is 14.8. The minimum atomic E-state index is -0.0574. The van der Waals surface area contributed by atoms with Crippen LogP contribution >= 0.6 is 0 Å². The highest BCUT2D eigenvalue weighted by Crippen LogP contribution is 2.24. The van der Waals surface area contributed by atoms with Crippen LogP contribution in [0.4, 0.5) is 5.95 Å². The molecule has 162 valence electrons. The number of carbonyl (C=O) groups is 1. The second kappa shape index (κ2) is 8.47. The quantitative estimate of drug-likeness (QED) is 0.453. The highest BCUT2D eigenvalue weighted by atomic mass is 16.1. The molecular formula is C24H25N7O. The third kappa shape index (κ3) is 4.22. The molecule has 0 atom stereocenters. The number of anilines is 1. The van der Waals surface area contributed by atoms with E-state index in [2.05, 4.69) is 49.0 Å². The molecule has 4 heterocycles. The van der Waals surface area contributed by atoms with Gasteiger partial charge in [-0.05, 0) is 36.2 Å². The fourth-order valence-corrected chi connectivity index (χ4v) is 3.95. The lowest BCUT2D eigenvalue weighted by molar-refractivity contribution is 0.0987. The van der Waals surface area contributed by atoms with E-state index in [9.17, 15) is 4.79 Å². The number of aryl methyl sites for hydroxylation is 1. The lowest BCUT2D eigenvalue weighted by Gasteiger charge is -2.32. The Kier molecular flexibility index (Phi) is 5.36. The molecule has 0 saturated carbocycles. The molecule has 0 N–H and O–H groups in total. The van der Waals surface area contributed by atoms with Gasteiger partial charge in [0.2, 0.25) is 5.95 Å². The zero-order valence-corrected chi connectivity index (χ0v) is 18.3. The summed E-state index contributed by atoms with van der Waals surface area (Å²) in [5, 5.41) is 6.33. The first-order chi connectivity index (χ1) is 15.5. The van der Waals surface area contributed by atoms with Crippen molar-refractivity contribution in [1.29, 1.82) is 0 Å². The largest absolute Gasteiger partial charge is 0.338 e. The van der Waals surface area contributed by atoms with Crippen LogP contribution in [0.1, 0.15) is 16.2 Å². The van der Waals surface area contributed by atoms with Crippen molar-refractivity contribution in [2.24, 2.45) is 7.05 Å². The minimum absolute atomic E-state index is 0.0574. The lowest BCUT2D eigenvalue weighted by atomic mass is 10.0. The van der Waals surface area contributed by atoms with E-state index >= 15 is 0 Å². The number of aromatic nitrogens is 5. The van der Waals surface area contributed by atoms with Crippen molar-refractivity contribution in [3.05, 3.63) is 66.5 Å². The van der Waals surface area contributed by atoms with Gasteiger partial charge in [0.15, 0.2) is 5.78 Å². The highest BCUT2D eigenvalue weighted by Gasteiger charge is 2.18. The Morgan fingerprint density at radius 3 is 2.56 bits per heavy atom. The molecule has 0 radical (unpaired) electrons. The molecule has 1 fully saturated rings. The molecule has 1 aromatic carbocycles. The van der Waals surface area contributed by atoms with Crippen molar-refractivity contribution < 1.29 is 4.79 Å². The molecule has 1 aliphatic heterocycles. The van der Waals surface area contributed by atoms with E-state index in [0.717, 1.165) is 53.8 Å². The van der Waals surface area contributed by atoms with Crippen molar-refractivity contribution in [3.8, 4) is 11.1 Å². The summed E-state index contributed by atoms with van der Waals surface area (Å²) >= 11 is 0. The van der Waals surface area contributed by atoms with Crippen LogP contribution in [0.3, 0.4) is 0 Å². The maximum absolute atomic E-state index is 13.0. The highest BCUT2D eigenvalue weighted by molar-refractivity contribution is 5.96. The number of piperazine rings is 1. The van der Waals surface area contributed by atoms with Crippen molar-refractivity contribution in [2.45, 2.75) is 6.42 Å². The molecule has 0 aliphatic carbocycles. The van der Waals surface area contributed by atoms with Crippen LogP contribution in [-0.4, -0.2) is 68.6 Å². The summed E-state index contributed by atoms with van der Waals surface area (Å²) in [6.07, 6.45) is 7.52. The first-order valence-corrected chi connectivity index (χ1v) is 10.7. The van der Waals surface area contributed by atoms with Crippen LogP contribution < -0.4 is 4.90 Å². The zero-order valence-electron chi connectivity index (χ0n) is 18.3. The SMILES string of the molecule is CN1CCN(c2nccc(C(=O)Cc3cc4cc(-c5cnn(C)c5)ccc4cn3)n2)CC1.